The van der Waals surface area contributed by atoms with Crippen molar-refractivity contribution in [3.63, 3.8) is 0 Å². The molecule has 1 aliphatic rings. The highest BCUT2D eigenvalue weighted by Gasteiger charge is 2.25. The molecule has 2 aromatic carbocycles. The highest BCUT2D eigenvalue weighted by molar-refractivity contribution is 5.77. The molecule has 0 aliphatic heterocycles. The third-order valence-corrected chi connectivity index (χ3v) is 4.89. The fourth-order valence-corrected chi connectivity index (χ4v) is 3.07. The van der Waals surface area contributed by atoms with Crippen LogP contribution in [0, 0.1) is 5.92 Å². The maximum absolute atomic E-state index is 12.6. The minimum Gasteiger partial charge on any atom is -0.493 e. The van der Waals surface area contributed by atoms with E-state index in [2.05, 4.69) is 5.32 Å². The second-order valence-electron chi connectivity index (χ2n) is 7.96. The van der Waals surface area contributed by atoms with Crippen LogP contribution in [0.3, 0.4) is 0 Å². The average molecular weight is 442 g/mol. The third-order valence-electron chi connectivity index (χ3n) is 4.89. The van der Waals surface area contributed by atoms with E-state index in [0.717, 1.165) is 12.4 Å². The van der Waals surface area contributed by atoms with Gasteiger partial charge in [0.15, 0.2) is 0 Å². The molecule has 2 atom stereocenters. The maximum Gasteiger partial charge on any atom is 0.352 e. The van der Waals surface area contributed by atoms with Crippen molar-refractivity contribution in [3.05, 3.63) is 54.1 Å². The summed E-state index contributed by atoms with van der Waals surface area (Å²) in [6.07, 6.45) is 1.57. The summed E-state index contributed by atoms with van der Waals surface area (Å²) in [6, 6.07) is 14.2. The quantitative estimate of drug-likeness (QED) is 0.500. The van der Waals surface area contributed by atoms with Gasteiger partial charge < -0.3 is 24.3 Å². The Kier molecular flexibility index (Phi) is 8.36. The number of benzene rings is 2. The molecule has 3 rings (SSSR count). The number of hydrogen-bond acceptors (Lipinski definition) is 6. The number of nitrogens with one attached hydrogen (secondary N) is 1. The van der Waals surface area contributed by atoms with Crippen molar-refractivity contribution < 1.29 is 28.5 Å². The van der Waals surface area contributed by atoms with Gasteiger partial charge in [-0.05, 0) is 69.0 Å². The van der Waals surface area contributed by atoms with Crippen LogP contribution in [0.4, 0.5) is 0 Å². The standard InChI is InChI=1S/C25H31NO6/c1-4-29-25(28)24(20-7-9-21(10-8-20)31-16-19-5-6-19)32-23-13-11-22(12-14-23)30-15-17(2)26-18(3)27/h7-14,17,19,24H,4-6,15-16H2,1-3H3,(H,26,27)/t17-,24?/m0/s1. The van der Waals surface area contributed by atoms with Crippen LogP contribution in [-0.2, 0) is 14.3 Å². The summed E-state index contributed by atoms with van der Waals surface area (Å²) in [6.45, 7) is 6.44. The molecule has 172 valence electrons. The second kappa shape index (κ2) is 11.4. The summed E-state index contributed by atoms with van der Waals surface area (Å²) in [5.74, 6) is 2.05. The van der Waals surface area contributed by atoms with E-state index in [0.29, 0.717) is 29.6 Å². The second-order valence-corrected chi connectivity index (χ2v) is 7.96. The molecule has 0 aromatic heterocycles. The Hall–Kier alpha value is -3.22. The van der Waals surface area contributed by atoms with Gasteiger partial charge in [0, 0.05) is 12.5 Å². The summed E-state index contributed by atoms with van der Waals surface area (Å²) in [5, 5.41) is 2.76. The Bertz CT molecular complexity index is 876. The molecule has 0 bridgehead atoms. The maximum atomic E-state index is 12.6. The Morgan fingerprint density at radius 2 is 1.56 bits per heavy atom. The first kappa shape index (κ1) is 23.4. The first-order valence-corrected chi connectivity index (χ1v) is 11.0. The van der Waals surface area contributed by atoms with Crippen molar-refractivity contribution in [1.82, 2.24) is 5.32 Å². The van der Waals surface area contributed by atoms with E-state index in [1.807, 2.05) is 31.2 Å². The summed E-state index contributed by atoms with van der Waals surface area (Å²) >= 11 is 0. The summed E-state index contributed by atoms with van der Waals surface area (Å²) in [4.78, 5) is 23.6. The van der Waals surface area contributed by atoms with Crippen molar-refractivity contribution in [2.45, 2.75) is 45.8 Å². The van der Waals surface area contributed by atoms with Gasteiger partial charge in [0.25, 0.3) is 0 Å². The average Bonchev–Trinajstić information content (AvgIpc) is 3.60. The topological polar surface area (TPSA) is 83.1 Å². The van der Waals surface area contributed by atoms with Crippen molar-refractivity contribution in [1.29, 1.82) is 0 Å². The third kappa shape index (κ3) is 7.48. The molecule has 0 saturated heterocycles. The largest absolute Gasteiger partial charge is 0.493 e. The Morgan fingerprint density at radius 1 is 0.969 bits per heavy atom. The lowest BCUT2D eigenvalue weighted by molar-refractivity contribution is -0.151. The predicted molar refractivity (Wildman–Crippen MR) is 120 cm³/mol. The molecule has 0 heterocycles. The Labute approximate surface area is 189 Å². The molecule has 7 nitrogen and oxygen atoms in total. The van der Waals surface area contributed by atoms with E-state index in [1.165, 1.54) is 19.8 Å². The van der Waals surface area contributed by atoms with Gasteiger partial charge in [0.2, 0.25) is 12.0 Å². The molecule has 1 unspecified atom stereocenters. The lowest BCUT2D eigenvalue weighted by Gasteiger charge is -2.19. The van der Waals surface area contributed by atoms with Crippen molar-refractivity contribution in [3.8, 4) is 17.2 Å². The summed E-state index contributed by atoms with van der Waals surface area (Å²) in [7, 11) is 0. The van der Waals surface area contributed by atoms with Crippen LogP contribution >= 0.6 is 0 Å². The van der Waals surface area contributed by atoms with Crippen molar-refractivity contribution in [2.75, 3.05) is 19.8 Å². The van der Waals surface area contributed by atoms with E-state index in [9.17, 15) is 9.59 Å². The zero-order valence-corrected chi connectivity index (χ0v) is 18.8. The lowest BCUT2D eigenvalue weighted by Crippen LogP contribution is -2.35. The summed E-state index contributed by atoms with van der Waals surface area (Å²) in [5.41, 5.74) is 0.687. The number of esters is 1. The van der Waals surface area contributed by atoms with Crippen LogP contribution in [0.25, 0.3) is 0 Å². The first-order chi connectivity index (χ1) is 15.4. The van der Waals surface area contributed by atoms with E-state index < -0.39 is 12.1 Å². The zero-order valence-electron chi connectivity index (χ0n) is 18.8. The SMILES string of the molecule is CCOC(=O)C(Oc1ccc(OC[C@H](C)NC(C)=O)cc1)c1ccc(OCC2CC2)cc1. The number of carbonyl (C=O) groups is 2. The molecule has 32 heavy (non-hydrogen) atoms. The summed E-state index contributed by atoms with van der Waals surface area (Å²) < 4.78 is 22.6. The fraction of sp³-hybridized carbons (Fsp3) is 0.440. The smallest absolute Gasteiger partial charge is 0.352 e. The minimum atomic E-state index is -0.890. The van der Waals surface area contributed by atoms with Crippen LogP contribution in [0.5, 0.6) is 17.2 Å². The van der Waals surface area contributed by atoms with Gasteiger partial charge in [0.05, 0.1) is 19.3 Å². The van der Waals surface area contributed by atoms with E-state index in [1.54, 1.807) is 31.2 Å². The zero-order chi connectivity index (χ0) is 22.9. The molecule has 1 aliphatic carbocycles. The molecule has 0 spiro atoms. The predicted octanol–water partition coefficient (Wildman–Crippen LogP) is 4.06. The highest BCUT2D eigenvalue weighted by Crippen LogP contribution is 2.30. The lowest BCUT2D eigenvalue weighted by atomic mass is 10.1. The van der Waals surface area contributed by atoms with E-state index in [4.69, 9.17) is 18.9 Å². The Balaban J connectivity index is 1.62. The van der Waals surface area contributed by atoms with Crippen LogP contribution in [0.2, 0.25) is 0 Å². The van der Waals surface area contributed by atoms with Crippen LogP contribution in [-0.4, -0.2) is 37.7 Å². The van der Waals surface area contributed by atoms with Crippen molar-refractivity contribution in [2.24, 2.45) is 5.92 Å². The van der Waals surface area contributed by atoms with Crippen LogP contribution in [0.1, 0.15) is 45.3 Å². The fourth-order valence-electron chi connectivity index (χ4n) is 3.07. The molecule has 7 heteroatoms. The van der Waals surface area contributed by atoms with Gasteiger partial charge >= 0.3 is 5.97 Å². The number of carbonyl (C=O) groups excluding carboxylic acids is 2. The number of hydrogen-bond donors (Lipinski definition) is 1. The molecular formula is C25H31NO6. The van der Waals surface area contributed by atoms with Gasteiger partial charge in [-0.25, -0.2) is 4.79 Å². The molecule has 1 amide bonds. The normalized spacial score (nSPS) is 14.7. The van der Waals surface area contributed by atoms with Crippen molar-refractivity contribution >= 4 is 11.9 Å². The van der Waals surface area contributed by atoms with Gasteiger partial charge in [-0.1, -0.05) is 12.1 Å². The number of rotatable bonds is 12. The van der Waals surface area contributed by atoms with Crippen LogP contribution < -0.4 is 19.5 Å². The first-order valence-electron chi connectivity index (χ1n) is 11.0. The highest BCUT2D eigenvalue weighted by atomic mass is 16.6. The van der Waals surface area contributed by atoms with Gasteiger partial charge in [-0.15, -0.1) is 0 Å². The van der Waals surface area contributed by atoms with Gasteiger partial charge in [-0.2, -0.15) is 0 Å². The monoisotopic (exact) mass is 441 g/mol. The number of ether oxygens (including phenoxy) is 4. The molecule has 1 N–H and O–H groups in total. The molecular weight excluding hydrogens is 410 g/mol. The molecule has 1 saturated carbocycles. The minimum absolute atomic E-state index is 0.0997. The number of amides is 1. The molecule has 0 radical (unpaired) electrons. The molecule has 2 aromatic rings. The molecule has 1 fully saturated rings. The van der Waals surface area contributed by atoms with Gasteiger partial charge in [-0.3, -0.25) is 4.79 Å². The Morgan fingerprint density at radius 3 is 2.16 bits per heavy atom. The van der Waals surface area contributed by atoms with E-state index in [-0.39, 0.29) is 18.6 Å². The van der Waals surface area contributed by atoms with Crippen LogP contribution in [0.15, 0.2) is 48.5 Å². The van der Waals surface area contributed by atoms with E-state index >= 15 is 0 Å². The van der Waals surface area contributed by atoms with Gasteiger partial charge in [0.1, 0.15) is 23.9 Å².